The van der Waals surface area contributed by atoms with Crippen molar-refractivity contribution >= 4 is 5.82 Å². The first-order chi connectivity index (χ1) is 12.2. The van der Waals surface area contributed by atoms with Crippen molar-refractivity contribution in [3.63, 3.8) is 0 Å². The first-order valence-electron chi connectivity index (χ1n) is 8.63. The van der Waals surface area contributed by atoms with Crippen molar-refractivity contribution in [3.8, 4) is 11.8 Å². The highest BCUT2D eigenvalue weighted by Crippen LogP contribution is 2.23. The van der Waals surface area contributed by atoms with Crippen LogP contribution in [0.5, 0.6) is 5.75 Å². The molecule has 1 fully saturated rings. The Morgan fingerprint density at radius 2 is 2.12 bits per heavy atom. The molecule has 0 radical (unpaired) electrons. The minimum absolute atomic E-state index is 0.314. The Bertz CT molecular complexity index is 757. The van der Waals surface area contributed by atoms with Crippen LogP contribution in [0.15, 0.2) is 36.7 Å². The van der Waals surface area contributed by atoms with E-state index in [0.29, 0.717) is 18.3 Å². The minimum atomic E-state index is 0.314. The number of hydrogen-bond acceptors (Lipinski definition) is 6. The standard InChI is InChI=1S/C19H23N5O/c1-3-25-18-7-5-4-6-16(18)13-23-8-9-24(15(2)12-23)19-10-17(11-20)21-14-22-19/h4-7,10,14-15H,3,8-9,12-13H2,1-2H3/t15-/m1/s1. The summed E-state index contributed by atoms with van der Waals surface area (Å²) in [6.45, 7) is 8.50. The van der Waals surface area contributed by atoms with Gasteiger partial charge < -0.3 is 9.64 Å². The van der Waals surface area contributed by atoms with Crippen LogP contribution in [0.2, 0.25) is 0 Å². The zero-order chi connectivity index (χ0) is 17.6. The molecule has 0 unspecified atom stereocenters. The summed E-state index contributed by atoms with van der Waals surface area (Å²) < 4.78 is 5.74. The number of para-hydroxylation sites is 1. The summed E-state index contributed by atoms with van der Waals surface area (Å²) >= 11 is 0. The molecule has 1 aromatic heterocycles. The molecule has 1 aliphatic rings. The predicted molar refractivity (Wildman–Crippen MR) is 96.4 cm³/mol. The predicted octanol–water partition coefficient (Wildman–Crippen LogP) is 2.46. The van der Waals surface area contributed by atoms with Gasteiger partial charge in [0.25, 0.3) is 0 Å². The van der Waals surface area contributed by atoms with E-state index in [4.69, 9.17) is 10.00 Å². The molecule has 2 aromatic rings. The molecule has 3 rings (SSSR count). The van der Waals surface area contributed by atoms with E-state index in [0.717, 1.165) is 37.7 Å². The average molecular weight is 337 g/mol. The van der Waals surface area contributed by atoms with Gasteiger partial charge in [0.15, 0.2) is 0 Å². The summed E-state index contributed by atoms with van der Waals surface area (Å²) in [5.41, 5.74) is 1.63. The van der Waals surface area contributed by atoms with E-state index >= 15 is 0 Å². The number of nitriles is 1. The lowest BCUT2D eigenvalue weighted by Gasteiger charge is -2.40. The number of nitrogens with zero attached hydrogens (tertiary/aromatic N) is 5. The van der Waals surface area contributed by atoms with E-state index in [1.54, 1.807) is 6.07 Å². The summed E-state index contributed by atoms with van der Waals surface area (Å²) in [5, 5.41) is 9.02. The van der Waals surface area contributed by atoms with Crippen molar-refractivity contribution in [2.45, 2.75) is 26.4 Å². The number of rotatable bonds is 5. The molecular weight excluding hydrogens is 314 g/mol. The fourth-order valence-electron chi connectivity index (χ4n) is 3.25. The molecule has 0 aliphatic carbocycles. The second kappa shape index (κ2) is 7.95. The SMILES string of the molecule is CCOc1ccccc1CN1CCN(c2cc(C#N)ncn2)[C@H](C)C1. The van der Waals surface area contributed by atoms with Crippen molar-refractivity contribution in [1.29, 1.82) is 5.26 Å². The zero-order valence-corrected chi connectivity index (χ0v) is 14.7. The third-order valence-electron chi connectivity index (χ3n) is 4.44. The summed E-state index contributed by atoms with van der Waals surface area (Å²) in [4.78, 5) is 13.0. The van der Waals surface area contributed by atoms with E-state index in [1.165, 1.54) is 11.9 Å². The third kappa shape index (κ3) is 4.06. The first-order valence-corrected chi connectivity index (χ1v) is 8.63. The summed E-state index contributed by atoms with van der Waals surface area (Å²) in [5.74, 6) is 1.79. The Morgan fingerprint density at radius 1 is 1.28 bits per heavy atom. The van der Waals surface area contributed by atoms with Crippen molar-refractivity contribution in [2.24, 2.45) is 0 Å². The Balaban J connectivity index is 1.67. The molecule has 1 aliphatic heterocycles. The van der Waals surface area contributed by atoms with Gasteiger partial charge in [0.2, 0.25) is 0 Å². The highest BCUT2D eigenvalue weighted by atomic mass is 16.5. The Kier molecular flexibility index (Phi) is 5.46. The molecule has 0 saturated carbocycles. The molecule has 6 nitrogen and oxygen atoms in total. The molecule has 0 N–H and O–H groups in total. The van der Waals surface area contributed by atoms with Gasteiger partial charge in [0, 0.05) is 43.9 Å². The Hall–Kier alpha value is -2.65. The second-order valence-corrected chi connectivity index (χ2v) is 6.19. The summed E-state index contributed by atoms with van der Waals surface area (Å²) in [6.07, 6.45) is 1.46. The number of hydrogen-bond donors (Lipinski definition) is 0. The summed E-state index contributed by atoms with van der Waals surface area (Å²) in [7, 11) is 0. The molecule has 25 heavy (non-hydrogen) atoms. The van der Waals surface area contributed by atoms with Gasteiger partial charge in [-0.3, -0.25) is 4.90 Å². The number of anilines is 1. The van der Waals surface area contributed by atoms with Crippen LogP contribution in [0.4, 0.5) is 5.82 Å². The quantitative estimate of drug-likeness (QED) is 0.835. The Morgan fingerprint density at radius 3 is 2.88 bits per heavy atom. The normalized spacial score (nSPS) is 18.0. The third-order valence-corrected chi connectivity index (χ3v) is 4.44. The van der Waals surface area contributed by atoms with Crippen LogP contribution < -0.4 is 9.64 Å². The van der Waals surface area contributed by atoms with Gasteiger partial charge in [-0.05, 0) is 19.9 Å². The maximum Gasteiger partial charge on any atom is 0.145 e. The molecule has 130 valence electrons. The number of benzene rings is 1. The summed E-state index contributed by atoms with van der Waals surface area (Å²) in [6, 6.07) is 12.4. The molecule has 2 heterocycles. The van der Waals surface area contributed by atoms with Gasteiger partial charge in [-0.25, -0.2) is 9.97 Å². The molecule has 0 bridgehead atoms. The number of aromatic nitrogens is 2. The lowest BCUT2D eigenvalue weighted by Crippen LogP contribution is -2.52. The molecule has 6 heteroatoms. The van der Waals surface area contributed by atoms with E-state index in [1.807, 2.05) is 19.1 Å². The van der Waals surface area contributed by atoms with Crippen LogP contribution in [-0.2, 0) is 6.54 Å². The van der Waals surface area contributed by atoms with E-state index in [9.17, 15) is 0 Å². The van der Waals surface area contributed by atoms with Crippen LogP contribution in [0.1, 0.15) is 25.1 Å². The first kappa shape index (κ1) is 17.2. The lowest BCUT2D eigenvalue weighted by molar-refractivity contribution is 0.216. The largest absolute Gasteiger partial charge is 0.494 e. The van der Waals surface area contributed by atoms with E-state index in [2.05, 4.69) is 44.9 Å². The highest BCUT2D eigenvalue weighted by molar-refractivity contribution is 5.43. The smallest absolute Gasteiger partial charge is 0.145 e. The van der Waals surface area contributed by atoms with Gasteiger partial charge in [0.1, 0.15) is 29.7 Å². The van der Waals surface area contributed by atoms with Crippen LogP contribution in [0, 0.1) is 11.3 Å². The molecule has 1 atom stereocenters. The van der Waals surface area contributed by atoms with Crippen molar-refractivity contribution in [3.05, 3.63) is 47.9 Å². The van der Waals surface area contributed by atoms with Crippen LogP contribution in [0.25, 0.3) is 0 Å². The lowest BCUT2D eigenvalue weighted by atomic mass is 10.1. The van der Waals surface area contributed by atoms with Crippen LogP contribution in [0.3, 0.4) is 0 Å². The topological polar surface area (TPSA) is 65.3 Å². The van der Waals surface area contributed by atoms with E-state index < -0.39 is 0 Å². The molecule has 0 amide bonds. The van der Waals surface area contributed by atoms with Crippen LogP contribution in [-0.4, -0.2) is 47.2 Å². The highest BCUT2D eigenvalue weighted by Gasteiger charge is 2.25. The Labute approximate surface area is 148 Å². The maximum absolute atomic E-state index is 9.02. The second-order valence-electron chi connectivity index (χ2n) is 6.19. The number of piperazine rings is 1. The van der Waals surface area contributed by atoms with Gasteiger partial charge >= 0.3 is 0 Å². The average Bonchev–Trinajstić information content (AvgIpc) is 2.64. The monoisotopic (exact) mass is 337 g/mol. The minimum Gasteiger partial charge on any atom is -0.494 e. The van der Waals surface area contributed by atoms with Gasteiger partial charge in [-0.15, -0.1) is 0 Å². The molecule has 1 aromatic carbocycles. The van der Waals surface area contributed by atoms with E-state index in [-0.39, 0.29) is 0 Å². The molecule has 0 spiro atoms. The van der Waals surface area contributed by atoms with Crippen LogP contribution >= 0.6 is 0 Å². The molecule has 1 saturated heterocycles. The van der Waals surface area contributed by atoms with Crippen molar-refractivity contribution in [1.82, 2.24) is 14.9 Å². The van der Waals surface area contributed by atoms with Crippen molar-refractivity contribution in [2.75, 3.05) is 31.1 Å². The van der Waals surface area contributed by atoms with Crippen molar-refractivity contribution < 1.29 is 4.74 Å². The van der Waals surface area contributed by atoms with Gasteiger partial charge in [-0.1, -0.05) is 18.2 Å². The number of ether oxygens (including phenoxy) is 1. The van der Waals surface area contributed by atoms with Gasteiger partial charge in [-0.2, -0.15) is 5.26 Å². The van der Waals surface area contributed by atoms with Gasteiger partial charge in [0.05, 0.1) is 6.61 Å². The fraction of sp³-hybridized carbons (Fsp3) is 0.421. The fourth-order valence-corrected chi connectivity index (χ4v) is 3.25. The molecular formula is C19H23N5O. The zero-order valence-electron chi connectivity index (χ0n) is 14.7. The maximum atomic E-state index is 9.02.